The highest BCUT2D eigenvalue weighted by molar-refractivity contribution is 7.91. The standard InChI is InChI=1S/C15H27ClO2S/c1-2-3-4-13-5-8-15(12-16,9-6-13)14-7-10-19(17,18)11-14/h13-14H,2-12H2,1H3. The molecule has 2 nitrogen and oxygen atoms in total. The number of halogens is 1. The van der Waals surface area contributed by atoms with Crippen LogP contribution < -0.4 is 0 Å². The van der Waals surface area contributed by atoms with E-state index in [4.69, 9.17) is 11.6 Å². The molecule has 0 bridgehead atoms. The molecule has 2 fully saturated rings. The van der Waals surface area contributed by atoms with Gasteiger partial charge in [-0.25, -0.2) is 8.42 Å². The maximum Gasteiger partial charge on any atom is 0.150 e. The third-order valence-electron chi connectivity index (χ3n) is 5.43. The third-order valence-corrected chi connectivity index (χ3v) is 7.73. The van der Waals surface area contributed by atoms with Crippen LogP contribution in [-0.4, -0.2) is 25.8 Å². The monoisotopic (exact) mass is 306 g/mol. The van der Waals surface area contributed by atoms with Gasteiger partial charge in [-0.15, -0.1) is 11.6 Å². The van der Waals surface area contributed by atoms with E-state index in [9.17, 15) is 8.42 Å². The van der Waals surface area contributed by atoms with E-state index in [2.05, 4.69) is 6.92 Å². The molecular weight excluding hydrogens is 280 g/mol. The van der Waals surface area contributed by atoms with Gasteiger partial charge in [0, 0.05) is 5.88 Å². The van der Waals surface area contributed by atoms with Crippen LogP contribution in [0.1, 0.15) is 58.3 Å². The Morgan fingerprint density at radius 1 is 1.21 bits per heavy atom. The van der Waals surface area contributed by atoms with Crippen molar-refractivity contribution in [2.45, 2.75) is 58.3 Å². The molecule has 1 saturated heterocycles. The fourth-order valence-electron chi connectivity index (χ4n) is 3.96. The summed E-state index contributed by atoms with van der Waals surface area (Å²) in [7, 11) is -2.78. The largest absolute Gasteiger partial charge is 0.229 e. The molecule has 0 spiro atoms. The first kappa shape index (κ1) is 15.6. The molecule has 0 radical (unpaired) electrons. The van der Waals surface area contributed by atoms with E-state index < -0.39 is 9.84 Å². The normalized spacial score (nSPS) is 38.4. The average Bonchev–Trinajstić information content (AvgIpc) is 2.78. The van der Waals surface area contributed by atoms with Crippen LogP contribution in [0, 0.1) is 17.3 Å². The van der Waals surface area contributed by atoms with E-state index in [1.54, 1.807) is 0 Å². The van der Waals surface area contributed by atoms with Crippen molar-refractivity contribution in [1.82, 2.24) is 0 Å². The Labute approximate surface area is 123 Å². The zero-order valence-electron chi connectivity index (χ0n) is 12.0. The van der Waals surface area contributed by atoms with Gasteiger partial charge in [-0.1, -0.05) is 26.2 Å². The summed E-state index contributed by atoms with van der Waals surface area (Å²) in [5, 5.41) is 0. The fourth-order valence-corrected chi connectivity index (χ4v) is 6.39. The summed E-state index contributed by atoms with van der Waals surface area (Å²) in [6, 6.07) is 0. The highest BCUT2D eigenvalue weighted by Gasteiger charge is 2.45. The first-order chi connectivity index (χ1) is 9.01. The molecule has 1 saturated carbocycles. The van der Waals surface area contributed by atoms with Gasteiger partial charge < -0.3 is 0 Å². The lowest BCUT2D eigenvalue weighted by atomic mass is 9.64. The van der Waals surface area contributed by atoms with Crippen LogP contribution in [0.4, 0.5) is 0 Å². The molecule has 0 amide bonds. The lowest BCUT2D eigenvalue weighted by molar-refractivity contribution is 0.106. The van der Waals surface area contributed by atoms with Gasteiger partial charge in [0.05, 0.1) is 11.5 Å². The molecule has 1 aliphatic heterocycles. The molecule has 0 N–H and O–H groups in total. The molecule has 0 aromatic carbocycles. The highest BCUT2D eigenvalue weighted by atomic mass is 35.5. The fraction of sp³-hybridized carbons (Fsp3) is 1.00. The van der Waals surface area contributed by atoms with Crippen LogP contribution in [0.3, 0.4) is 0 Å². The summed E-state index contributed by atoms with van der Waals surface area (Å²) in [6.45, 7) is 2.25. The number of sulfone groups is 1. The van der Waals surface area contributed by atoms with Crippen LogP contribution >= 0.6 is 11.6 Å². The zero-order chi connectivity index (χ0) is 13.9. The second kappa shape index (κ2) is 6.34. The summed E-state index contributed by atoms with van der Waals surface area (Å²) in [6.07, 6.45) is 9.59. The van der Waals surface area contributed by atoms with Crippen molar-refractivity contribution >= 4 is 21.4 Å². The molecule has 1 aliphatic carbocycles. The van der Waals surface area contributed by atoms with Gasteiger partial charge >= 0.3 is 0 Å². The Balaban J connectivity index is 1.95. The maximum atomic E-state index is 11.7. The Hall–Kier alpha value is 0.240. The molecule has 2 rings (SSSR count). The van der Waals surface area contributed by atoms with Crippen LogP contribution in [0.2, 0.25) is 0 Å². The minimum absolute atomic E-state index is 0.119. The summed E-state index contributed by atoms with van der Waals surface area (Å²) in [5.74, 6) is 2.60. The van der Waals surface area contributed by atoms with Gasteiger partial charge in [-0.05, 0) is 49.4 Å². The Bertz CT molecular complexity index is 383. The molecule has 4 heteroatoms. The Morgan fingerprint density at radius 3 is 2.37 bits per heavy atom. The van der Waals surface area contributed by atoms with Gasteiger partial charge in [0.1, 0.15) is 0 Å². The average molecular weight is 307 g/mol. The van der Waals surface area contributed by atoms with Crippen molar-refractivity contribution in [2.24, 2.45) is 17.3 Å². The molecular formula is C15H27ClO2S. The van der Waals surface area contributed by atoms with E-state index >= 15 is 0 Å². The number of unbranched alkanes of at least 4 members (excludes halogenated alkanes) is 1. The smallest absolute Gasteiger partial charge is 0.150 e. The van der Waals surface area contributed by atoms with Gasteiger partial charge in [0.2, 0.25) is 0 Å². The quantitative estimate of drug-likeness (QED) is 0.719. The van der Waals surface area contributed by atoms with Crippen LogP contribution in [0.5, 0.6) is 0 Å². The second-order valence-electron chi connectivity index (χ2n) is 6.68. The minimum atomic E-state index is -2.78. The highest BCUT2D eigenvalue weighted by Crippen LogP contribution is 2.49. The topological polar surface area (TPSA) is 34.1 Å². The van der Waals surface area contributed by atoms with Gasteiger partial charge in [0.25, 0.3) is 0 Å². The van der Waals surface area contributed by atoms with E-state index in [1.165, 1.54) is 32.1 Å². The Kier molecular flexibility index (Phi) is 5.21. The number of hydrogen-bond donors (Lipinski definition) is 0. The van der Waals surface area contributed by atoms with Crippen molar-refractivity contribution < 1.29 is 8.42 Å². The Morgan fingerprint density at radius 2 is 1.89 bits per heavy atom. The van der Waals surface area contributed by atoms with Crippen molar-refractivity contribution in [3.63, 3.8) is 0 Å². The predicted molar refractivity (Wildman–Crippen MR) is 81.4 cm³/mol. The molecule has 1 atom stereocenters. The molecule has 0 aromatic heterocycles. The number of hydrogen-bond acceptors (Lipinski definition) is 2. The van der Waals surface area contributed by atoms with Crippen molar-refractivity contribution in [2.75, 3.05) is 17.4 Å². The molecule has 19 heavy (non-hydrogen) atoms. The maximum absolute atomic E-state index is 11.7. The van der Waals surface area contributed by atoms with Gasteiger partial charge in [0.15, 0.2) is 9.84 Å². The molecule has 2 aliphatic rings. The second-order valence-corrected chi connectivity index (χ2v) is 9.18. The summed E-state index contributed by atoms with van der Waals surface area (Å²) >= 11 is 6.27. The third kappa shape index (κ3) is 3.66. The van der Waals surface area contributed by atoms with Crippen molar-refractivity contribution in [3.8, 4) is 0 Å². The molecule has 1 heterocycles. The summed E-state index contributed by atoms with van der Waals surface area (Å²) in [5.41, 5.74) is 0.119. The van der Waals surface area contributed by atoms with E-state index in [1.807, 2.05) is 0 Å². The summed E-state index contributed by atoms with van der Waals surface area (Å²) < 4.78 is 23.4. The lowest BCUT2D eigenvalue weighted by Crippen LogP contribution is -2.37. The SMILES string of the molecule is CCCCC1CCC(CCl)(C2CCS(=O)(=O)C2)CC1. The van der Waals surface area contributed by atoms with E-state index in [0.717, 1.165) is 25.2 Å². The first-order valence-corrected chi connectivity index (χ1v) is 10.1. The predicted octanol–water partition coefficient (Wildman–Crippen LogP) is 4.03. The number of alkyl halides is 1. The van der Waals surface area contributed by atoms with Crippen LogP contribution in [0.15, 0.2) is 0 Å². The lowest BCUT2D eigenvalue weighted by Gasteiger charge is -2.43. The first-order valence-electron chi connectivity index (χ1n) is 7.78. The molecule has 0 aromatic rings. The van der Waals surface area contributed by atoms with Crippen LogP contribution in [0.25, 0.3) is 0 Å². The minimum Gasteiger partial charge on any atom is -0.229 e. The number of rotatable bonds is 5. The van der Waals surface area contributed by atoms with Gasteiger partial charge in [-0.3, -0.25) is 0 Å². The van der Waals surface area contributed by atoms with Gasteiger partial charge in [-0.2, -0.15) is 0 Å². The van der Waals surface area contributed by atoms with Crippen molar-refractivity contribution in [3.05, 3.63) is 0 Å². The zero-order valence-corrected chi connectivity index (χ0v) is 13.6. The van der Waals surface area contributed by atoms with Crippen molar-refractivity contribution in [1.29, 1.82) is 0 Å². The van der Waals surface area contributed by atoms with E-state index in [-0.39, 0.29) is 5.41 Å². The van der Waals surface area contributed by atoms with Crippen LogP contribution in [-0.2, 0) is 9.84 Å². The molecule has 112 valence electrons. The molecule has 1 unspecified atom stereocenters. The summed E-state index contributed by atoms with van der Waals surface area (Å²) in [4.78, 5) is 0. The van der Waals surface area contributed by atoms with E-state index in [0.29, 0.717) is 23.3 Å².